The second kappa shape index (κ2) is 5.93. The van der Waals surface area contributed by atoms with E-state index in [-0.39, 0.29) is 0 Å². The molecule has 0 spiro atoms. The SMILES string of the molecule is COc1ccc(NC2CCCc3sc(I)cc32)c(C)c1. The van der Waals surface area contributed by atoms with Crippen molar-refractivity contribution in [1.29, 1.82) is 0 Å². The molecule has 4 heteroatoms. The number of halogens is 1. The molecule has 0 amide bonds. The summed E-state index contributed by atoms with van der Waals surface area (Å²) < 4.78 is 6.67. The van der Waals surface area contributed by atoms with Crippen molar-refractivity contribution >= 4 is 39.6 Å². The second-order valence-electron chi connectivity index (χ2n) is 5.20. The smallest absolute Gasteiger partial charge is 0.119 e. The summed E-state index contributed by atoms with van der Waals surface area (Å²) in [6, 6.07) is 9.03. The molecule has 2 nitrogen and oxygen atoms in total. The highest BCUT2D eigenvalue weighted by Gasteiger charge is 2.22. The molecule has 1 aromatic carbocycles. The van der Waals surface area contributed by atoms with Crippen LogP contribution in [0, 0.1) is 9.81 Å². The summed E-state index contributed by atoms with van der Waals surface area (Å²) in [5.74, 6) is 0.919. The van der Waals surface area contributed by atoms with Crippen LogP contribution in [0.5, 0.6) is 5.75 Å². The van der Waals surface area contributed by atoms with Gasteiger partial charge in [-0.2, -0.15) is 0 Å². The highest BCUT2D eigenvalue weighted by molar-refractivity contribution is 14.1. The first-order valence-corrected chi connectivity index (χ1v) is 8.76. The molecule has 3 rings (SSSR count). The molecule has 1 heterocycles. The number of methoxy groups -OCH3 is 1. The standard InChI is InChI=1S/C16H18INOS/c1-10-8-11(19-2)6-7-13(10)18-14-4-3-5-15-12(14)9-16(17)20-15/h6-9,14,18H,3-5H2,1-2H3. The van der Waals surface area contributed by atoms with Crippen LogP contribution in [0.25, 0.3) is 0 Å². The van der Waals surface area contributed by atoms with E-state index in [2.05, 4.69) is 53.0 Å². The lowest BCUT2D eigenvalue weighted by Gasteiger charge is -2.25. The van der Waals surface area contributed by atoms with E-state index in [1.54, 1.807) is 12.0 Å². The Labute approximate surface area is 137 Å². The number of hydrogen-bond donors (Lipinski definition) is 1. The lowest BCUT2D eigenvalue weighted by Crippen LogP contribution is -2.16. The van der Waals surface area contributed by atoms with Crippen LogP contribution in [-0.4, -0.2) is 7.11 Å². The molecule has 106 valence electrons. The van der Waals surface area contributed by atoms with E-state index in [0.29, 0.717) is 6.04 Å². The highest BCUT2D eigenvalue weighted by Crippen LogP contribution is 2.38. The third-order valence-corrected chi connectivity index (χ3v) is 5.82. The van der Waals surface area contributed by atoms with Gasteiger partial charge in [-0.05, 0) is 84.2 Å². The van der Waals surface area contributed by atoms with Crippen LogP contribution in [0.2, 0.25) is 0 Å². The predicted octanol–water partition coefficient (Wildman–Crippen LogP) is 5.16. The second-order valence-corrected chi connectivity index (χ2v) is 8.23. The van der Waals surface area contributed by atoms with Crippen molar-refractivity contribution < 1.29 is 4.74 Å². The zero-order chi connectivity index (χ0) is 14.1. The van der Waals surface area contributed by atoms with Gasteiger partial charge >= 0.3 is 0 Å². The number of thiophene rings is 1. The van der Waals surface area contributed by atoms with Gasteiger partial charge in [-0.15, -0.1) is 11.3 Å². The molecule has 0 fully saturated rings. The van der Waals surface area contributed by atoms with Gasteiger partial charge < -0.3 is 10.1 Å². The maximum atomic E-state index is 5.27. The van der Waals surface area contributed by atoms with Crippen LogP contribution in [-0.2, 0) is 6.42 Å². The first kappa shape index (κ1) is 14.2. The van der Waals surface area contributed by atoms with Crippen molar-refractivity contribution in [2.24, 2.45) is 0 Å². The highest BCUT2D eigenvalue weighted by atomic mass is 127. The van der Waals surface area contributed by atoms with E-state index in [0.717, 1.165) is 5.75 Å². The Hall–Kier alpha value is -0.750. The maximum Gasteiger partial charge on any atom is 0.119 e. The summed E-state index contributed by atoms with van der Waals surface area (Å²) in [4.78, 5) is 1.56. The molecule has 1 aromatic heterocycles. The average molecular weight is 399 g/mol. The van der Waals surface area contributed by atoms with E-state index in [4.69, 9.17) is 4.74 Å². The van der Waals surface area contributed by atoms with Crippen LogP contribution in [0.15, 0.2) is 24.3 Å². The molecule has 1 aliphatic carbocycles. The van der Waals surface area contributed by atoms with Crippen molar-refractivity contribution in [3.63, 3.8) is 0 Å². The number of anilines is 1. The van der Waals surface area contributed by atoms with Crippen LogP contribution in [0.1, 0.15) is 34.9 Å². The summed E-state index contributed by atoms with van der Waals surface area (Å²) >= 11 is 4.37. The number of ether oxygens (including phenoxy) is 1. The fourth-order valence-electron chi connectivity index (χ4n) is 2.78. The zero-order valence-electron chi connectivity index (χ0n) is 11.7. The van der Waals surface area contributed by atoms with E-state index < -0.39 is 0 Å². The lowest BCUT2D eigenvalue weighted by atomic mass is 9.93. The number of hydrogen-bond acceptors (Lipinski definition) is 3. The van der Waals surface area contributed by atoms with Gasteiger partial charge in [0.05, 0.1) is 16.0 Å². The summed E-state index contributed by atoms with van der Waals surface area (Å²) in [5.41, 5.74) is 3.95. The number of fused-ring (bicyclic) bond motifs is 1. The number of benzene rings is 1. The summed E-state index contributed by atoms with van der Waals surface area (Å²) in [5, 5.41) is 3.72. The quantitative estimate of drug-likeness (QED) is 0.720. The normalized spacial score (nSPS) is 17.6. The molecule has 20 heavy (non-hydrogen) atoms. The Morgan fingerprint density at radius 3 is 2.95 bits per heavy atom. The van der Waals surface area contributed by atoms with Crippen LogP contribution in [0.3, 0.4) is 0 Å². The first-order chi connectivity index (χ1) is 9.67. The molecule has 1 N–H and O–H groups in total. The van der Waals surface area contributed by atoms with Crippen molar-refractivity contribution in [3.8, 4) is 5.75 Å². The minimum atomic E-state index is 0.450. The number of aryl methyl sites for hydroxylation is 2. The van der Waals surface area contributed by atoms with Crippen LogP contribution < -0.4 is 10.1 Å². The predicted molar refractivity (Wildman–Crippen MR) is 94.1 cm³/mol. The largest absolute Gasteiger partial charge is 0.497 e. The third kappa shape index (κ3) is 2.81. The Morgan fingerprint density at radius 2 is 2.20 bits per heavy atom. The molecule has 2 aromatic rings. The van der Waals surface area contributed by atoms with Gasteiger partial charge in [-0.1, -0.05) is 0 Å². The topological polar surface area (TPSA) is 21.3 Å². The molecule has 0 saturated heterocycles. The van der Waals surface area contributed by atoms with E-state index >= 15 is 0 Å². The molecule has 1 unspecified atom stereocenters. The van der Waals surface area contributed by atoms with Gasteiger partial charge in [0.25, 0.3) is 0 Å². The van der Waals surface area contributed by atoms with E-state index in [1.165, 1.54) is 39.0 Å². The van der Waals surface area contributed by atoms with Gasteiger partial charge in [-0.3, -0.25) is 0 Å². The lowest BCUT2D eigenvalue weighted by molar-refractivity contribution is 0.414. The van der Waals surface area contributed by atoms with Crippen molar-refractivity contribution in [1.82, 2.24) is 0 Å². The summed E-state index contributed by atoms with van der Waals surface area (Å²) in [6.45, 7) is 2.13. The summed E-state index contributed by atoms with van der Waals surface area (Å²) in [6.07, 6.45) is 3.73. The fraction of sp³-hybridized carbons (Fsp3) is 0.375. The maximum absolute atomic E-state index is 5.27. The molecule has 0 bridgehead atoms. The number of rotatable bonds is 3. The zero-order valence-corrected chi connectivity index (χ0v) is 14.7. The third-order valence-electron chi connectivity index (χ3n) is 3.85. The molecule has 0 radical (unpaired) electrons. The molecular formula is C16H18INOS. The van der Waals surface area contributed by atoms with E-state index in [9.17, 15) is 0 Å². The van der Waals surface area contributed by atoms with Gasteiger partial charge in [0.1, 0.15) is 5.75 Å². The molecule has 0 aliphatic heterocycles. The van der Waals surface area contributed by atoms with Crippen LogP contribution in [0.4, 0.5) is 5.69 Å². The molecule has 1 aliphatic rings. The Morgan fingerprint density at radius 1 is 1.35 bits per heavy atom. The van der Waals surface area contributed by atoms with Gasteiger partial charge in [0.15, 0.2) is 0 Å². The minimum absolute atomic E-state index is 0.450. The van der Waals surface area contributed by atoms with Crippen molar-refractivity contribution in [3.05, 3.63) is 43.2 Å². The Bertz CT molecular complexity index is 623. The monoisotopic (exact) mass is 399 g/mol. The van der Waals surface area contributed by atoms with Gasteiger partial charge in [-0.25, -0.2) is 0 Å². The number of nitrogens with one attached hydrogen (secondary N) is 1. The molecule has 0 saturated carbocycles. The van der Waals surface area contributed by atoms with Crippen molar-refractivity contribution in [2.75, 3.05) is 12.4 Å². The fourth-order valence-corrected chi connectivity index (χ4v) is 4.90. The average Bonchev–Trinajstić information content (AvgIpc) is 2.82. The Balaban J connectivity index is 1.85. The van der Waals surface area contributed by atoms with E-state index in [1.807, 2.05) is 17.4 Å². The van der Waals surface area contributed by atoms with Crippen molar-refractivity contribution in [2.45, 2.75) is 32.2 Å². The summed E-state index contributed by atoms with van der Waals surface area (Å²) in [7, 11) is 1.71. The first-order valence-electron chi connectivity index (χ1n) is 6.86. The van der Waals surface area contributed by atoms with Gasteiger partial charge in [0, 0.05) is 10.6 Å². The Kier molecular flexibility index (Phi) is 4.21. The molecular weight excluding hydrogens is 381 g/mol. The molecule has 1 atom stereocenters. The van der Waals surface area contributed by atoms with Crippen LogP contribution >= 0.6 is 33.9 Å². The minimum Gasteiger partial charge on any atom is -0.497 e. The van der Waals surface area contributed by atoms with Gasteiger partial charge in [0.2, 0.25) is 0 Å².